The molecule has 0 radical (unpaired) electrons. The van der Waals surface area contributed by atoms with Crippen LogP contribution in [0.3, 0.4) is 0 Å². The molecular weight excluding hydrogens is 452 g/mol. The summed E-state index contributed by atoms with van der Waals surface area (Å²) in [5, 5.41) is 14.5. The van der Waals surface area contributed by atoms with Gasteiger partial charge >= 0.3 is 5.97 Å². The number of H-pyrrole nitrogens is 1. The molecule has 3 rings (SSSR count). The molecule has 0 saturated heterocycles. The molecule has 2 aromatic carbocycles. The van der Waals surface area contributed by atoms with Crippen LogP contribution in [0.5, 0.6) is 0 Å². The number of carbonyl (C=O) groups is 2. The number of nitrogens with one attached hydrogen (secondary N) is 3. The van der Waals surface area contributed by atoms with Gasteiger partial charge in [-0.3, -0.25) is 14.9 Å². The lowest BCUT2D eigenvalue weighted by Gasteiger charge is -2.20. The summed E-state index contributed by atoms with van der Waals surface area (Å²) in [6.45, 7) is 1.27. The highest BCUT2D eigenvalue weighted by Crippen LogP contribution is 2.23. The third-order valence-corrected chi connectivity index (χ3v) is 6.57. The molecule has 33 heavy (non-hydrogen) atoms. The van der Waals surface area contributed by atoms with Gasteiger partial charge in [-0.25, -0.2) is 13.2 Å². The number of fused-ring (bicyclic) bond motifs is 1. The van der Waals surface area contributed by atoms with E-state index in [4.69, 9.17) is 4.74 Å². The Kier molecular flexibility index (Phi) is 7.09. The maximum atomic E-state index is 12.7. The number of carbonyl (C=O) groups excluding carboxylic acids is 2. The van der Waals surface area contributed by atoms with E-state index in [0.29, 0.717) is 0 Å². The molecule has 0 unspecified atom stereocenters. The van der Waals surface area contributed by atoms with E-state index >= 15 is 0 Å². The Balaban J connectivity index is 1.77. The van der Waals surface area contributed by atoms with Gasteiger partial charge in [0.2, 0.25) is 15.9 Å². The van der Waals surface area contributed by atoms with Gasteiger partial charge in [-0.15, -0.1) is 0 Å². The molecule has 1 amide bonds. The van der Waals surface area contributed by atoms with Gasteiger partial charge in [0.1, 0.15) is 6.04 Å². The van der Waals surface area contributed by atoms with E-state index in [0.717, 1.165) is 28.6 Å². The van der Waals surface area contributed by atoms with Crippen molar-refractivity contribution in [2.45, 2.75) is 30.3 Å². The van der Waals surface area contributed by atoms with Gasteiger partial charge in [0, 0.05) is 29.6 Å². The van der Waals surface area contributed by atoms with Crippen LogP contribution in [0.1, 0.15) is 12.5 Å². The van der Waals surface area contributed by atoms with E-state index in [1.807, 2.05) is 24.3 Å². The molecule has 0 spiro atoms. The van der Waals surface area contributed by atoms with Crippen molar-refractivity contribution >= 4 is 38.5 Å². The molecule has 1 heterocycles. The number of nitro benzene ring substituents is 1. The summed E-state index contributed by atoms with van der Waals surface area (Å²) in [7, 11) is -3.22. The van der Waals surface area contributed by atoms with Crippen molar-refractivity contribution in [2.75, 3.05) is 7.11 Å². The van der Waals surface area contributed by atoms with Gasteiger partial charge in [-0.05, 0) is 24.6 Å². The average molecular weight is 474 g/mol. The van der Waals surface area contributed by atoms with Crippen molar-refractivity contribution in [3.8, 4) is 0 Å². The molecule has 174 valence electrons. The molecule has 1 aromatic heterocycles. The first kappa shape index (κ1) is 23.9. The second-order valence-electron chi connectivity index (χ2n) is 7.22. The highest BCUT2D eigenvalue weighted by atomic mass is 32.2. The van der Waals surface area contributed by atoms with Gasteiger partial charge in [0.05, 0.1) is 18.1 Å². The number of nitro groups is 1. The molecule has 0 fully saturated rings. The van der Waals surface area contributed by atoms with Crippen LogP contribution in [0.2, 0.25) is 0 Å². The van der Waals surface area contributed by atoms with Crippen molar-refractivity contribution in [2.24, 2.45) is 0 Å². The highest BCUT2D eigenvalue weighted by molar-refractivity contribution is 7.89. The molecule has 3 aromatic rings. The maximum Gasteiger partial charge on any atom is 0.328 e. The summed E-state index contributed by atoms with van der Waals surface area (Å²) in [5.41, 5.74) is 0.992. The van der Waals surface area contributed by atoms with E-state index in [1.54, 1.807) is 6.20 Å². The molecule has 11 nitrogen and oxygen atoms in total. The van der Waals surface area contributed by atoms with Crippen molar-refractivity contribution < 1.29 is 27.7 Å². The minimum Gasteiger partial charge on any atom is -0.467 e. The summed E-state index contributed by atoms with van der Waals surface area (Å²) in [4.78, 5) is 37.9. The smallest absolute Gasteiger partial charge is 0.328 e. The Morgan fingerprint density at radius 2 is 1.82 bits per heavy atom. The fourth-order valence-electron chi connectivity index (χ4n) is 3.34. The number of benzene rings is 2. The molecule has 12 heteroatoms. The predicted molar refractivity (Wildman–Crippen MR) is 119 cm³/mol. The lowest BCUT2D eigenvalue weighted by atomic mass is 10.0. The largest absolute Gasteiger partial charge is 0.467 e. The number of sulfonamides is 1. The Morgan fingerprint density at radius 1 is 1.15 bits per heavy atom. The lowest BCUT2D eigenvalue weighted by Crippen LogP contribution is -2.51. The number of hydrogen-bond donors (Lipinski definition) is 3. The van der Waals surface area contributed by atoms with Crippen LogP contribution in [0.15, 0.2) is 59.6 Å². The molecule has 0 aliphatic carbocycles. The lowest BCUT2D eigenvalue weighted by molar-refractivity contribution is -0.387. The first-order valence-corrected chi connectivity index (χ1v) is 11.3. The van der Waals surface area contributed by atoms with E-state index in [9.17, 15) is 28.1 Å². The third kappa shape index (κ3) is 5.35. The van der Waals surface area contributed by atoms with Crippen molar-refractivity contribution in [3.05, 3.63) is 70.4 Å². The topological polar surface area (TPSA) is 160 Å². The highest BCUT2D eigenvalue weighted by Gasteiger charge is 2.31. The molecule has 0 aliphatic rings. The summed E-state index contributed by atoms with van der Waals surface area (Å²) in [6, 6.07) is 9.79. The van der Waals surface area contributed by atoms with Crippen LogP contribution >= 0.6 is 0 Å². The van der Waals surface area contributed by atoms with E-state index in [2.05, 4.69) is 15.0 Å². The summed E-state index contributed by atoms with van der Waals surface area (Å²) in [6.07, 6.45) is 1.82. The van der Waals surface area contributed by atoms with Crippen LogP contribution in [0, 0.1) is 10.1 Å². The minimum atomic E-state index is -4.39. The number of para-hydroxylation sites is 2. The van der Waals surface area contributed by atoms with Crippen molar-refractivity contribution in [1.29, 1.82) is 0 Å². The zero-order chi connectivity index (χ0) is 24.2. The number of aromatic nitrogens is 1. The van der Waals surface area contributed by atoms with Gasteiger partial charge in [-0.1, -0.05) is 30.3 Å². The van der Waals surface area contributed by atoms with E-state index < -0.39 is 49.5 Å². The number of esters is 1. The first-order chi connectivity index (χ1) is 15.6. The molecule has 0 saturated carbocycles. The Bertz CT molecular complexity index is 1300. The number of aromatic amines is 1. The number of hydrogen-bond acceptors (Lipinski definition) is 7. The fourth-order valence-corrected chi connectivity index (χ4v) is 4.71. The molecular formula is C21H22N4O7S. The fraction of sp³-hybridized carbons (Fsp3) is 0.238. The Morgan fingerprint density at radius 3 is 2.52 bits per heavy atom. The van der Waals surface area contributed by atoms with Gasteiger partial charge in [0.15, 0.2) is 4.90 Å². The Labute approximate surface area is 189 Å². The summed E-state index contributed by atoms with van der Waals surface area (Å²) in [5.74, 6) is -1.50. The van der Waals surface area contributed by atoms with Crippen LogP contribution < -0.4 is 10.0 Å². The molecule has 0 aliphatic heterocycles. The van der Waals surface area contributed by atoms with Gasteiger partial charge in [0.25, 0.3) is 5.69 Å². The van der Waals surface area contributed by atoms with Crippen LogP contribution in [0.25, 0.3) is 10.9 Å². The first-order valence-electron chi connectivity index (χ1n) is 9.83. The number of ether oxygens (including phenoxy) is 1. The van der Waals surface area contributed by atoms with Crippen LogP contribution in [-0.4, -0.2) is 49.4 Å². The van der Waals surface area contributed by atoms with Crippen molar-refractivity contribution in [3.63, 3.8) is 0 Å². The zero-order valence-electron chi connectivity index (χ0n) is 17.8. The SMILES string of the molecule is COC(=O)[C@H](Cc1c[nH]c2ccccc12)NC(=O)[C@H](C)NS(=O)(=O)c1ccccc1[N+](=O)[O-]. The summed E-state index contributed by atoms with van der Waals surface area (Å²) >= 11 is 0. The van der Waals surface area contributed by atoms with E-state index in [1.165, 1.54) is 26.2 Å². The Hall–Kier alpha value is -3.77. The second kappa shape index (κ2) is 9.79. The molecule has 2 atom stereocenters. The minimum absolute atomic E-state index is 0.103. The normalized spacial score (nSPS) is 13.3. The zero-order valence-corrected chi connectivity index (χ0v) is 18.6. The van der Waals surface area contributed by atoms with E-state index in [-0.39, 0.29) is 6.42 Å². The van der Waals surface area contributed by atoms with Crippen LogP contribution in [0.4, 0.5) is 5.69 Å². The molecule has 0 bridgehead atoms. The number of nitrogens with zero attached hydrogens (tertiary/aromatic N) is 1. The third-order valence-electron chi connectivity index (χ3n) is 4.98. The quantitative estimate of drug-likeness (QED) is 0.241. The number of rotatable bonds is 9. The standard InChI is InChI=1S/C21H22N4O7S/c1-13(24-33(30,31)19-10-6-5-9-18(19)25(28)29)20(26)23-17(21(27)32-2)11-14-12-22-16-8-4-3-7-15(14)16/h3-10,12-13,17,22,24H,11H2,1-2H3,(H,23,26)/t13-,17-/m0/s1. The predicted octanol–water partition coefficient (Wildman–Crippen LogP) is 1.64. The van der Waals surface area contributed by atoms with Crippen molar-refractivity contribution in [1.82, 2.24) is 15.0 Å². The van der Waals surface area contributed by atoms with Gasteiger partial charge in [-0.2, -0.15) is 4.72 Å². The second-order valence-corrected chi connectivity index (χ2v) is 8.90. The molecule has 3 N–H and O–H groups in total. The maximum absolute atomic E-state index is 12.7. The van der Waals surface area contributed by atoms with Gasteiger partial charge < -0.3 is 15.0 Å². The average Bonchev–Trinajstić information content (AvgIpc) is 3.20. The summed E-state index contributed by atoms with van der Waals surface area (Å²) < 4.78 is 32.2. The number of methoxy groups -OCH3 is 1. The van der Waals surface area contributed by atoms with Crippen LogP contribution in [-0.2, 0) is 30.8 Å². The monoisotopic (exact) mass is 474 g/mol. The number of amides is 1.